The lowest BCUT2D eigenvalue weighted by molar-refractivity contribution is -0.114. The summed E-state index contributed by atoms with van der Waals surface area (Å²) in [6, 6.07) is 23.0. The van der Waals surface area contributed by atoms with Gasteiger partial charge in [0.15, 0.2) is 11.0 Å². The Morgan fingerprint density at radius 2 is 1.75 bits per heavy atom. The van der Waals surface area contributed by atoms with Crippen molar-refractivity contribution >= 4 is 41.0 Å². The van der Waals surface area contributed by atoms with Crippen LogP contribution in [0.25, 0.3) is 17.5 Å². The van der Waals surface area contributed by atoms with Crippen LogP contribution in [0.4, 0.5) is 11.4 Å². The Balaban J connectivity index is 1.38. The van der Waals surface area contributed by atoms with Crippen molar-refractivity contribution in [3.05, 3.63) is 95.6 Å². The fourth-order valence-electron chi connectivity index (χ4n) is 3.62. The van der Waals surface area contributed by atoms with Crippen molar-refractivity contribution in [2.24, 2.45) is 7.05 Å². The van der Waals surface area contributed by atoms with Gasteiger partial charge in [-0.25, -0.2) is 0 Å². The lowest BCUT2D eigenvalue weighted by Crippen LogP contribution is -2.15. The van der Waals surface area contributed by atoms with Crippen LogP contribution >= 0.6 is 11.8 Å². The third kappa shape index (κ3) is 6.49. The van der Waals surface area contributed by atoms with Crippen molar-refractivity contribution in [1.82, 2.24) is 14.8 Å². The summed E-state index contributed by atoms with van der Waals surface area (Å²) in [5, 5.41) is 15.0. The summed E-state index contributed by atoms with van der Waals surface area (Å²) in [7, 11) is 1.85. The number of rotatable bonds is 8. The molecule has 0 atom stereocenters. The van der Waals surface area contributed by atoms with E-state index in [0.29, 0.717) is 16.7 Å². The maximum absolute atomic E-state index is 12.5. The summed E-state index contributed by atoms with van der Waals surface area (Å²) in [6.07, 6.45) is 3.27. The number of nitrogens with one attached hydrogen (secondary N) is 2. The maximum atomic E-state index is 12.5. The predicted molar refractivity (Wildman–Crippen MR) is 146 cm³/mol. The minimum Gasteiger partial charge on any atom is -0.325 e. The highest BCUT2D eigenvalue weighted by atomic mass is 32.2. The third-order valence-corrected chi connectivity index (χ3v) is 6.46. The number of aromatic nitrogens is 3. The summed E-state index contributed by atoms with van der Waals surface area (Å²) in [4.78, 5) is 24.8. The van der Waals surface area contributed by atoms with Crippen LogP contribution in [0.15, 0.2) is 84.0 Å². The fraction of sp³-hybridized carbons (Fsp3) is 0.143. The fourth-order valence-corrected chi connectivity index (χ4v) is 4.33. The molecule has 2 N–H and O–H groups in total. The largest absolute Gasteiger partial charge is 0.325 e. The van der Waals surface area contributed by atoms with Crippen LogP contribution in [0.3, 0.4) is 0 Å². The molecule has 0 spiro atoms. The molecule has 0 saturated carbocycles. The second-order valence-electron chi connectivity index (χ2n) is 8.33. The Hall–Kier alpha value is -4.17. The highest BCUT2D eigenvalue weighted by molar-refractivity contribution is 7.99. The average molecular weight is 498 g/mol. The topological polar surface area (TPSA) is 88.9 Å². The zero-order chi connectivity index (χ0) is 25.5. The highest BCUT2D eigenvalue weighted by Crippen LogP contribution is 2.25. The third-order valence-electron chi connectivity index (χ3n) is 5.44. The van der Waals surface area contributed by atoms with Gasteiger partial charge in [0.05, 0.1) is 5.75 Å². The zero-order valence-corrected chi connectivity index (χ0v) is 21.2. The van der Waals surface area contributed by atoms with Gasteiger partial charge in [-0.05, 0) is 49.2 Å². The maximum Gasteiger partial charge on any atom is 0.248 e. The molecular formula is C28H27N5O2S. The van der Waals surface area contributed by atoms with E-state index in [9.17, 15) is 9.59 Å². The highest BCUT2D eigenvalue weighted by Gasteiger charge is 2.14. The molecule has 0 radical (unpaired) electrons. The molecule has 182 valence electrons. The number of nitrogens with zero attached hydrogens (tertiary/aromatic N) is 3. The summed E-state index contributed by atoms with van der Waals surface area (Å²) in [5.41, 5.74) is 5.40. The standard InChI is InChI=1S/C28H27N5O2S/c1-19-12-14-24(20(2)16-19)30-26(35)18-36-28-32-31-27(33(28)3)22-10-7-11-23(17-22)29-25(34)15-13-21-8-5-4-6-9-21/h4-17H,18H2,1-3H3,(H,29,34)(H,30,35)/b15-13+. The van der Waals surface area contributed by atoms with Gasteiger partial charge in [-0.15, -0.1) is 10.2 Å². The molecule has 4 rings (SSSR count). The quantitative estimate of drug-likeness (QED) is 0.249. The first-order valence-corrected chi connectivity index (χ1v) is 12.4. The van der Waals surface area contributed by atoms with Crippen molar-refractivity contribution < 1.29 is 9.59 Å². The normalized spacial score (nSPS) is 11.0. The van der Waals surface area contributed by atoms with Crippen LogP contribution < -0.4 is 10.6 Å². The molecule has 0 fully saturated rings. The minimum absolute atomic E-state index is 0.107. The van der Waals surface area contributed by atoms with E-state index in [1.165, 1.54) is 17.8 Å². The molecule has 4 aromatic rings. The lowest BCUT2D eigenvalue weighted by Gasteiger charge is -2.09. The number of hydrogen-bond donors (Lipinski definition) is 2. The zero-order valence-electron chi connectivity index (χ0n) is 20.4. The summed E-state index contributed by atoms with van der Waals surface area (Å²) in [5.74, 6) is 0.524. The Morgan fingerprint density at radius 3 is 2.53 bits per heavy atom. The van der Waals surface area contributed by atoms with Crippen molar-refractivity contribution in [3.8, 4) is 11.4 Å². The van der Waals surface area contributed by atoms with Gasteiger partial charge in [-0.2, -0.15) is 0 Å². The molecular weight excluding hydrogens is 470 g/mol. The molecule has 36 heavy (non-hydrogen) atoms. The molecule has 7 nitrogen and oxygen atoms in total. The molecule has 0 aliphatic carbocycles. The number of carbonyl (C=O) groups excluding carboxylic acids is 2. The van der Waals surface area contributed by atoms with Crippen LogP contribution in [0.2, 0.25) is 0 Å². The van der Waals surface area contributed by atoms with E-state index in [1.807, 2.05) is 98.3 Å². The first-order valence-electron chi connectivity index (χ1n) is 11.4. The van der Waals surface area contributed by atoms with Crippen LogP contribution in [-0.4, -0.2) is 32.3 Å². The molecule has 2 amide bonds. The van der Waals surface area contributed by atoms with Gasteiger partial charge in [-0.1, -0.05) is 71.9 Å². The second-order valence-corrected chi connectivity index (χ2v) is 9.28. The number of aryl methyl sites for hydroxylation is 2. The van der Waals surface area contributed by atoms with E-state index in [1.54, 1.807) is 6.08 Å². The monoisotopic (exact) mass is 497 g/mol. The van der Waals surface area contributed by atoms with Crippen molar-refractivity contribution in [2.45, 2.75) is 19.0 Å². The van der Waals surface area contributed by atoms with Gasteiger partial charge >= 0.3 is 0 Å². The van der Waals surface area contributed by atoms with E-state index in [4.69, 9.17) is 0 Å². The van der Waals surface area contributed by atoms with Gasteiger partial charge < -0.3 is 15.2 Å². The number of thioether (sulfide) groups is 1. The average Bonchev–Trinajstić information content (AvgIpc) is 3.24. The summed E-state index contributed by atoms with van der Waals surface area (Å²) in [6.45, 7) is 3.99. The van der Waals surface area contributed by atoms with E-state index in [0.717, 1.165) is 27.9 Å². The first-order chi connectivity index (χ1) is 17.4. The number of anilines is 2. The molecule has 8 heteroatoms. The Labute approximate surface area is 214 Å². The molecule has 3 aromatic carbocycles. The summed E-state index contributed by atoms with van der Waals surface area (Å²) < 4.78 is 1.84. The van der Waals surface area contributed by atoms with Crippen LogP contribution in [-0.2, 0) is 16.6 Å². The van der Waals surface area contributed by atoms with Crippen molar-refractivity contribution in [2.75, 3.05) is 16.4 Å². The van der Waals surface area contributed by atoms with Crippen molar-refractivity contribution in [3.63, 3.8) is 0 Å². The van der Waals surface area contributed by atoms with E-state index >= 15 is 0 Å². The Bertz CT molecular complexity index is 1410. The Morgan fingerprint density at radius 1 is 0.944 bits per heavy atom. The van der Waals surface area contributed by atoms with Crippen LogP contribution in [0.5, 0.6) is 0 Å². The lowest BCUT2D eigenvalue weighted by atomic mass is 10.1. The van der Waals surface area contributed by atoms with E-state index in [2.05, 4.69) is 20.8 Å². The summed E-state index contributed by atoms with van der Waals surface area (Å²) >= 11 is 1.32. The number of benzene rings is 3. The molecule has 1 heterocycles. The first kappa shape index (κ1) is 24.9. The molecule has 1 aromatic heterocycles. The van der Waals surface area contributed by atoms with Crippen LogP contribution in [0.1, 0.15) is 16.7 Å². The Kier molecular flexibility index (Phi) is 7.97. The van der Waals surface area contributed by atoms with E-state index in [-0.39, 0.29) is 17.6 Å². The smallest absolute Gasteiger partial charge is 0.248 e. The van der Waals surface area contributed by atoms with Gasteiger partial charge in [0.1, 0.15) is 0 Å². The van der Waals surface area contributed by atoms with Gasteiger partial charge in [0.2, 0.25) is 11.8 Å². The number of hydrogen-bond acceptors (Lipinski definition) is 5. The molecule has 0 unspecified atom stereocenters. The second kappa shape index (κ2) is 11.5. The minimum atomic E-state index is -0.222. The molecule has 0 saturated heterocycles. The molecule has 0 aliphatic heterocycles. The van der Waals surface area contributed by atoms with Gasteiger partial charge in [0.25, 0.3) is 0 Å². The predicted octanol–water partition coefficient (Wildman–Crippen LogP) is 5.48. The number of amides is 2. The SMILES string of the molecule is Cc1ccc(NC(=O)CSc2nnc(-c3cccc(NC(=O)/C=C/c4ccccc4)c3)n2C)c(C)c1. The molecule has 0 bridgehead atoms. The van der Waals surface area contributed by atoms with Gasteiger partial charge in [-0.3, -0.25) is 9.59 Å². The van der Waals surface area contributed by atoms with E-state index < -0.39 is 0 Å². The van der Waals surface area contributed by atoms with Gasteiger partial charge in [0, 0.05) is 30.1 Å². The number of carbonyl (C=O) groups is 2. The molecule has 0 aliphatic rings. The van der Waals surface area contributed by atoms with Crippen LogP contribution in [0, 0.1) is 13.8 Å². The van der Waals surface area contributed by atoms with Crippen molar-refractivity contribution in [1.29, 1.82) is 0 Å².